The normalized spacial score (nSPS) is 11.5. The first kappa shape index (κ1) is 15.6. The van der Waals surface area contributed by atoms with E-state index in [0.29, 0.717) is 0 Å². The number of hydrogen-bond acceptors (Lipinski definition) is 4. The van der Waals surface area contributed by atoms with E-state index >= 15 is 0 Å². The lowest BCUT2D eigenvalue weighted by Crippen LogP contribution is -2.42. The van der Waals surface area contributed by atoms with Gasteiger partial charge >= 0.3 is 11.9 Å². The number of aliphatic carboxylic acids is 1. The van der Waals surface area contributed by atoms with Gasteiger partial charge in [0.2, 0.25) is 0 Å². The number of esters is 1. The van der Waals surface area contributed by atoms with Crippen LogP contribution in [0.2, 0.25) is 0 Å². The van der Waals surface area contributed by atoms with Gasteiger partial charge in [-0.25, -0.2) is 9.18 Å². The van der Waals surface area contributed by atoms with Gasteiger partial charge in [0.15, 0.2) is 0 Å². The van der Waals surface area contributed by atoms with Crippen molar-refractivity contribution >= 4 is 17.8 Å². The Bertz CT molecular complexity index is 517. The summed E-state index contributed by atoms with van der Waals surface area (Å²) in [6, 6.07) is 3.67. The Morgan fingerprint density at radius 1 is 1.35 bits per heavy atom. The maximum absolute atomic E-state index is 13.4. The van der Waals surface area contributed by atoms with E-state index in [2.05, 4.69) is 10.1 Å². The standard InChI is InChI=1S/C13H14FNO5/c1-2-20-11(16)7-10(13(18)19)15-12(17)8-5-3-4-6-9(8)14/h3-6,10H,2,7H2,1H3,(H,15,17)(H,18,19)/t10-/m0/s1. The second kappa shape index (κ2) is 7.22. The van der Waals surface area contributed by atoms with Crippen LogP contribution in [0.4, 0.5) is 4.39 Å². The van der Waals surface area contributed by atoms with Gasteiger partial charge in [-0.15, -0.1) is 0 Å². The Hall–Kier alpha value is -2.44. The minimum absolute atomic E-state index is 0.104. The number of hydrogen-bond donors (Lipinski definition) is 2. The molecule has 1 aromatic carbocycles. The summed E-state index contributed by atoms with van der Waals surface area (Å²) in [4.78, 5) is 34.0. The zero-order valence-corrected chi connectivity index (χ0v) is 10.8. The molecule has 0 fully saturated rings. The number of ether oxygens (including phenoxy) is 1. The molecule has 0 aliphatic carbocycles. The van der Waals surface area contributed by atoms with E-state index in [-0.39, 0.29) is 12.2 Å². The highest BCUT2D eigenvalue weighted by molar-refractivity contribution is 5.97. The zero-order chi connectivity index (χ0) is 15.1. The minimum atomic E-state index is -1.47. The number of benzene rings is 1. The summed E-state index contributed by atoms with van der Waals surface area (Å²) >= 11 is 0. The van der Waals surface area contributed by atoms with Crippen LogP contribution in [0.25, 0.3) is 0 Å². The number of rotatable bonds is 6. The van der Waals surface area contributed by atoms with Crippen molar-refractivity contribution < 1.29 is 28.6 Å². The highest BCUT2D eigenvalue weighted by atomic mass is 19.1. The third-order valence-corrected chi connectivity index (χ3v) is 2.40. The van der Waals surface area contributed by atoms with Crippen molar-refractivity contribution in [2.75, 3.05) is 6.61 Å². The summed E-state index contributed by atoms with van der Waals surface area (Å²) in [5.74, 6) is -3.83. The molecule has 6 nitrogen and oxygen atoms in total. The van der Waals surface area contributed by atoms with E-state index in [1.54, 1.807) is 6.92 Å². The summed E-state index contributed by atoms with van der Waals surface area (Å²) in [6.07, 6.45) is -0.524. The van der Waals surface area contributed by atoms with Gasteiger partial charge in [0.05, 0.1) is 18.6 Å². The number of carboxylic acid groups (broad SMARTS) is 1. The molecule has 1 amide bonds. The fraction of sp³-hybridized carbons (Fsp3) is 0.308. The average molecular weight is 283 g/mol. The average Bonchev–Trinajstić information content (AvgIpc) is 2.38. The molecule has 108 valence electrons. The molecule has 0 unspecified atom stereocenters. The Kier molecular flexibility index (Phi) is 5.64. The van der Waals surface area contributed by atoms with Gasteiger partial charge in [-0.1, -0.05) is 12.1 Å². The van der Waals surface area contributed by atoms with Crippen LogP contribution in [0.1, 0.15) is 23.7 Å². The van der Waals surface area contributed by atoms with Crippen molar-refractivity contribution in [3.05, 3.63) is 35.6 Å². The lowest BCUT2D eigenvalue weighted by atomic mass is 10.1. The smallest absolute Gasteiger partial charge is 0.326 e. The molecule has 0 bridgehead atoms. The lowest BCUT2D eigenvalue weighted by molar-refractivity contribution is -0.149. The summed E-state index contributed by atoms with van der Waals surface area (Å²) in [7, 11) is 0. The van der Waals surface area contributed by atoms with Crippen LogP contribution < -0.4 is 5.32 Å². The first-order valence-electron chi connectivity index (χ1n) is 5.89. The third-order valence-electron chi connectivity index (χ3n) is 2.40. The predicted octanol–water partition coefficient (Wildman–Crippen LogP) is 0.962. The summed E-state index contributed by atoms with van der Waals surface area (Å²) in [6.45, 7) is 1.68. The van der Waals surface area contributed by atoms with Crippen molar-refractivity contribution in [3.8, 4) is 0 Å². The van der Waals surface area contributed by atoms with E-state index < -0.39 is 36.1 Å². The van der Waals surface area contributed by atoms with Crippen LogP contribution in [0.15, 0.2) is 24.3 Å². The molecule has 0 aliphatic rings. The maximum atomic E-state index is 13.4. The highest BCUT2D eigenvalue weighted by Gasteiger charge is 2.25. The molecule has 2 N–H and O–H groups in total. The molecule has 1 atom stereocenters. The van der Waals surface area contributed by atoms with Crippen LogP contribution in [0, 0.1) is 5.82 Å². The monoisotopic (exact) mass is 283 g/mol. The lowest BCUT2D eigenvalue weighted by Gasteiger charge is -2.14. The summed E-state index contributed by atoms with van der Waals surface area (Å²) in [5.41, 5.74) is -0.289. The van der Waals surface area contributed by atoms with Gasteiger partial charge in [0, 0.05) is 0 Å². The van der Waals surface area contributed by atoms with E-state index in [0.717, 1.165) is 6.07 Å². The van der Waals surface area contributed by atoms with Crippen LogP contribution in [0.5, 0.6) is 0 Å². The molecule has 1 rings (SSSR count). The zero-order valence-electron chi connectivity index (χ0n) is 10.8. The second-order valence-corrected chi connectivity index (χ2v) is 3.85. The van der Waals surface area contributed by atoms with E-state index in [1.807, 2.05) is 0 Å². The molecular weight excluding hydrogens is 269 g/mol. The summed E-state index contributed by atoms with van der Waals surface area (Å²) < 4.78 is 18.0. The van der Waals surface area contributed by atoms with Crippen molar-refractivity contribution in [2.45, 2.75) is 19.4 Å². The van der Waals surface area contributed by atoms with Gasteiger partial charge < -0.3 is 15.2 Å². The van der Waals surface area contributed by atoms with E-state index in [1.165, 1.54) is 18.2 Å². The maximum Gasteiger partial charge on any atom is 0.326 e. The van der Waals surface area contributed by atoms with Crippen LogP contribution >= 0.6 is 0 Å². The van der Waals surface area contributed by atoms with Gasteiger partial charge in [0.1, 0.15) is 11.9 Å². The Morgan fingerprint density at radius 3 is 2.55 bits per heavy atom. The second-order valence-electron chi connectivity index (χ2n) is 3.85. The molecule has 7 heteroatoms. The van der Waals surface area contributed by atoms with Gasteiger partial charge in [-0.3, -0.25) is 9.59 Å². The predicted molar refractivity (Wildman–Crippen MR) is 66.5 cm³/mol. The summed E-state index contributed by atoms with van der Waals surface area (Å²) in [5, 5.41) is 11.0. The molecule has 0 saturated heterocycles. The van der Waals surface area contributed by atoms with Crippen LogP contribution in [-0.2, 0) is 14.3 Å². The Morgan fingerprint density at radius 2 is 2.00 bits per heavy atom. The van der Waals surface area contributed by atoms with E-state index in [4.69, 9.17) is 5.11 Å². The molecule has 20 heavy (non-hydrogen) atoms. The fourth-order valence-electron chi connectivity index (χ4n) is 1.47. The van der Waals surface area contributed by atoms with Crippen molar-refractivity contribution in [3.63, 3.8) is 0 Å². The largest absolute Gasteiger partial charge is 0.480 e. The molecule has 0 saturated carbocycles. The third kappa shape index (κ3) is 4.34. The quantitative estimate of drug-likeness (QED) is 0.759. The van der Waals surface area contributed by atoms with Crippen molar-refractivity contribution in [1.29, 1.82) is 0 Å². The first-order valence-corrected chi connectivity index (χ1v) is 5.89. The SMILES string of the molecule is CCOC(=O)C[C@H](NC(=O)c1ccccc1F)C(=O)O. The molecule has 1 aromatic rings. The molecule has 0 heterocycles. The number of halogens is 1. The number of amides is 1. The number of carboxylic acids is 1. The van der Waals surface area contributed by atoms with Crippen molar-refractivity contribution in [2.24, 2.45) is 0 Å². The van der Waals surface area contributed by atoms with Gasteiger partial charge in [-0.05, 0) is 19.1 Å². The molecule has 0 aliphatic heterocycles. The Balaban J connectivity index is 2.76. The van der Waals surface area contributed by atoms with E-state index in [9.17, 15) is 18.8 Å². The van der Waals surface area contributed by atoms with Crippen molar-refractivity contribution in [1.82, 2.24) is 5.32 Å². The minimum Gasteiger partial charge on any atom is -0.480 e. The van der Waals surface area contributed by atoms with Crippen LogP contribution in [-0.4, -0.2) is 35.6 Å². The molecular formula is C13H14FNO5. The number of carbonyl (C=O) groups is 3. The molecule has 0 radical (unpaired) electrons. The van der Waals surface area contributed by atoms with Gasteiger partial charge in [0.25, 0.3) is 5.91 Å². The number of carbonyl (C=O) groups excluding carboxylic acids is 2. The molecule has 0 spiro atoms. The molecule has 0 aromatic heterocycles. The highest BCUT2D eigenvalue weighted by Crippen LogP contribution is 2.07. The van der Waals surface area contributed by atoms with Crippen LogP contribution in [0.3, 0.4) is 0 Å². The fourth-order valence-corrected chi connectivity index (χ4v) is 1.47. The first-order chi connectivity index (χ1) is 9.45. The van der Waals surface area contributed by atoms with Gasteiger partial charge in [-0.2, -0.15) is 0 Å². The Labute approximate surface area is 114 Å². The number of nitrogens with one attached hydrogen (secondary N) is 1. The topological polar surface area (TPSA) is 92.7 Å².